The first-order valence-corrected chi connectivity index (χ1v) is 5.56. The van der Waals surface area contributed by atoms with Gasteiger partial charge in [0.05, 0.1) is 6.61 Å². The predicted molar refractivity (Wildman–Crippen MR) is 66.3 cm³/mol. The molecule has 0 heterocycles. The average Bonchev–Trinajstić information content (AvgIpc) is 2.25. The molecule has 100 valence electrons. The fourth-order valence-corrected chi connectivity index (χ4v) is 0.683. The van der Waals surface area contributed by atoms with Gasteiger partial charge in [-0.05, 0) is 12.8 Å². The lowest BCUT2D eigenvalue weighted by molar-refractivity contribution is -0.140. The summed E-state index contributed by atoms with van der Waals surface area (Å²) in [6, 6.07) is 0. The van der Waals surface area contributed by atoms with Gasteiger partial charge in [-0.2, -0.15) is 0 Å². The highest BCUT2D eigenvalue weighted by Gasteiger charge is 2.10. The van der Waals surface area contributed by atoms with Crippen molar-refractivity contribution in [2.24, 2.45) is 11.7 Å². The van der Waals surface area contributed by atoms with E-state index in [2.05, 4.69) is 11.3 Å². The molecule has 0 aromatic heterocycles. The highest BCUT2D eigenvalue weighted by molar-refractivity contribution is 5.88. The van der Waals surface area contributed by atoms with Crippen LogP contribution >= 0.6 is 0 Å². The topological polar surface area (TPSA) is 78.6 Å². The second-order valence-corrected chi connectivity index (χ2v) is 3.53. The number of ether oxygens (including phenoxy) is 2. The molecule has 0 aromatic rings. The highest BCUT2D eigenvalue weighted by atomic mass is 16.5. The van der Waals surface area contributed by atoms with E-state index < -0.39 is 0 Å². The van der Waals surface area contributed by atoms with Crippen LogP contribution in [0.1, 0.15) is 27.7 Å². The lowest BCUT2D eigenvalue weighted by Crippen LogP contribution is -2.16. The molecule has 0 saturated carbocycles. The van der Waals surface area contributed by atoms with Crippen molar-refractivity contribution in [3.05, 3.63) is 12.2 Å². The molecule has 0 aliphatic carbocycles. The molecule has 0 unspecified atom stereocenters. The summed E-state index contributed by atoms with van der Waals surface area (Å²) in [4.78, 5) is 20.8. The van der Waals surface area contributed by atoms with E-state index in [0.29, 0.717) is 18.7 Å². The zero-order valence-electron chi connectivity index (χ0n) is 11.1. The normalized spacial score (nSPS) is 9.06. The third kappa shape index (κ3) is 12.6. The Balaban J connectivity index is 0. The summed E-state index contributed by atoms with van der Waals surface area (Å²) in [6.45, 7) is 11.7. The molecule has 0 bridgehead atoms. The zero-order valence-corrected chi connectivity index (χ0v) is 11.1. The first-order valence-electron chi connectivity index (χ1n) is 5.56. The summed E-state index contributed by atoms with van der Waals surface area (Å²) in [7, 11) is 0. The van der Waals surface area contributed by atoms with E-state index in [1.165, 1.54) is 6.92 Å². The van der Waals surface area contributed by atoms with Gasteiger partial charge in [0, 0.05) is 19.0 Å². The van der Waals surface area contributed by atoms with Gasteiger partial charge in [-0.25, -0.2) is 4.79 Å². The van der Waals surface area contributed by atoms with Crippen LogP contribution in [-0.4, -0.2) is 31.7 Å². The lowest BCUT2D eigenvalue weighted by atomic mass is 10.1. The predicted octanol–water partition coefficient (Wildman–Crippen LogP) is 1.27. The molecule has 0 fully saturated rings. The van der Waals surface area contributed by atoms with E-state index in [1.54, 1.807) is 6.92 Å². The number of nitrogens with two attached hydrogens (primary N) is 1. The SMILES string of the molecule is C=C(C(=O)OCCN)C(C)C.CCOC(C)=O. The Hall–Kier alpha value is -1.36. The quantitative estimate of drug-likeness (QED) is 0.583. The summed E-state index contributed by atoms with van der Waals surface area (Å²) in [5, 5.41) is 0. The second-order valence-electron chi connectivity index (χ2n) is 3.53. The standard InChI is InChI=1S/C8H15NO2.C4H8O2/c1-6(2)7(3)8(10)11-5-4-9;1-3-6-4(2)5/h6H,3-5,9H2,1-2H3;3H2,1-2H3. The van der Waals surface area contributed by atoms with Crippen LogP contribution in [0, 0.1) is 5.92 Å². The van der Waals surface area contributed by atoms with Gasteiger partial charge in [0.25, 0.3) is 0 Å². The first kappa shape index (κ1) is 18.0. The van der Waals surface area contributed by atoms with Crippen molar-refractivity contribution in [3.63, 3.8) is 0 Å². The number of rotatable bonds is 5. The molecule has 17 heavy (non-hydrogen) atoms. The summed E-state index contributed by atoms with van der Waals surface area (Å²) in [5.74, 6) is -0.414. The summed E-state index contributed by atoms with van der Waals surface area (Å²) in [6.07, 6.45) is 0. The van der Waals surface area contributed by atoms with Gasteiger partial charge in [0.2, 0.25) is 0 Å². The summed E-state index contributed by atoms with van der Waals surface area (Å²) >= 11 is 0. The second kappa shape index (κ2) is 11.1. The van der Waals surface area contributed by atoms with Crippen LogP contribution in [0.2, 0.25) is 0 Å². The third-order valence-corrected chi connectivity index (χ3v) is 1.66. The maximum absolute atomic E-state index is 11.0. The average molecular weight is 245 g/mol. The smallest absolute Gasteiger partial charge is 0.333 e. The number of carbonyl (C=O) groups is 2. The van der Waals surface area contributed by atoms with Crippen LogP contribution in [0.15, 0.2) is 12.2 Å². The van der Waals surface area contributed by atoms with E-state index in [0.717, 1.165) is 0 Å². The molecule has 0 atom stereocenters. The van der Waals surface area contributed by atoms with Gasteiger partial charge in [0.1, 0.15) is 6.61 Å². The van der Waals surface area contributed by atoms with Gasteiger partial charge in [-0.1, -0.05) is 20.4 Å². The largest absolute Gasteiger partial charge is 0.466 e. The van der Waals surface area contributed by atoms with E-state index in [9.17, 15) is 9.59 Å². The van der Waals surface area contributed by atoms with Gasteiger partial charge >= 0.3 is 11.9 Å². The number of carbonyl (C=O) groups excluding carboxylic acids is 2. The van der Waals surface area contributed by atoms with Crippen molar-refractivity contribution in [2.45, 2.75) is 27.7 Å². The van der Waals surface area contributed by atoms with Gasteiger partial charge in [-0.15, -0.1) is 0 Å². The molecule has 5 heteroatoms. The van der Waals surface area contributed by atoms with E-state index in [-0.39, 0.29) is 24.5 Å². The minimum atomic E-state index is -0.342. The molecular weight excluding hydrogens is 222 g/mol. The van der Waals surface area contributed by atoms with Crippen LogP contribution in [0.25, 0.3) is 0 Å². The molecule has 0 aliphatic heterocycles. The maximum atomic E-state index is 11.0. The van der Waals surface area contributed by atoms with Crippen molar-refractivity contribution in [3.8, 4) is 0 Å². The minimum Gasteiger partial charge on any atom is -0.466 e. The fourth-order valence-electron chi connectivity index (χ4n) is 0.683. The van der Waals surface area contributed by atoms with Crippen LogP contribution in [0.4, 0.5) is 0 Å². The van der Waals surface area contributed by atoms with Gasteiger partial charge in [-0.3, -0.25) is 4.79 Å². The lowest BCUT2D eigenvalue weighted by Gasteiger charge is -2.07. The zero-order chi connectivity index (χ0) is 13.8. The Morgan fingerprint density at radius 3 is 2.06 bits per heavy atom. The molecule has 0 rings (SSSR count). The first-order chi connectivity index (χ1) is 7.86. The van der Waals surface area contributed by atoms with E-state index >= 15 is 0 Å². The Labute approximate surface area is 103 Å². The van der Waals surface area contributed by atoms with Crippen molar-refractivity contribution in [2.75, 3.05) is 19.8 Å². The van der Waals surface area contributed by atoms with Crippen LogP contribution in [0.5, 0.6) is 0 Å². The Kier molecular flexibility index (Phi) is 11.8. The molecule has 0 aliphatic rings. The van der Waals surface area contributed by atoms with E-state index in [1.807, 2.05) is 13.8 Å². The fraction of sp³-hybridized carbons (Fsp3) is 0.667. The number of hydrogen-bond donors (Lipinski definition) is 1. The van der Waals surface area contributed by atoms with Crippen molar-refractivity contribution in [1.82, 2.24) is 0 Å². The van der Waals surface area contributed by atoms with Crippen molar-refractivity contribution >= 4 is 11.9 Å². The molecular formula is C12H23NO4. The van der Waals surface area contributed by atoms with Crippen LogP contribution in [-0.2, 0) is 19.1 Å². The Morgan fingerprint density at radius 2 is 1.82 bits per heavy atom. The van der Waals surface area contributed by atoms with Crippen LogP contribution < -0.4 is 5.73 Å². The molecule has 0 saturated heterocycles. The van der Waals surface area contributed by atoms with E-state index in [4.69, 9.17) is 10.5 Å². The highest BCUT2D eigenvalue weighted by Crippen LogP contribution is 2.07. The summed E-state index contributed by atoms with van der Waals surface area (Å²) in [5.41, 5.74) is 5.64. The molecule has 0 amide bonds. The Morgan fingerprint density at radius 1 is 1.29 bits per heavy atom. The maximum Gasteiger partial charge on any atom is 0.333 e. The third-order valence-electron chi connectivity index (χ3n) is 1.66. The molecule has 2 N–H and O–H groups in total. The molecule has 0 spiro atoms. The van der Waals surface area contributed by atoms with Gasteiger partial charge in [0.15, 0.2) is 0 Å². The Bertz CT molecular complexity index is 249. The number of esters is 2. The van der Waals surface area contributed by atoms with Crippen molar-refractivity contribution < 1.29 is 19.1 Å². The summed E-state index contributed by atoms with van der Waals surface area (Å²) < 4.78 is 9.15. The molecule has 0 radical (unpaired) electrons. The van der Waals surface area contributed by atoms with Crippen molar-refractivity contribution in [1.29, 1.82) is 0 Å². The van der Waals surface area contributed by atoms with Gasteiger partial charge < -0.3 is 15.2 Å². The minimum absolute atomic E-state index is 0.139. The molecule has 0 aromatic carbocycles. The number of hydrogen-bond acceptors (Lipinski definition) is 5. The monoisotopic (exact) mass is 245 g/mol. The van der Waals surface area contributed by atoms with Crippen LogP contribution in [0.3, 0.4) is 0 Å². The molecule has 5 nitrogen and oxygen atoms in total.